The Labute approximate surface area is 135 Å². The van der Waals surface area contributed by atoms with Crippen LogP contribution in [-0.4, -0.2) is 40.4 Å². The molecule has 1 aromatic rings. The zero-order chi connectivity index (χ0) is 15.7. The van der Waals surface area contributed by atoms with Crippen LogP contribution in [0.1, 0.15) is 43.3 Å². The molecule has 118 valence electrons. The topological polar surface area (TPSA) is 55.2 Å². The summed E-state index contributed by atoms with van der Waals surface area (Å²) in [6, 6.07) is 1.67. The monoisotopic (exact) mass is 333 g/mol. The van der Waals surface area contributed by atoms with E-state index in [2.05, 4.69) is 5.10 Å². The molecule has 0 saturated heterocycles. The van der Waals surface area contributed by atoms with Crippen molar-refractivity contribution in [1.29, 1.82) is 0 Å². The first-order valence-electron chi connectivity index (χ1n) is 7.07. The summed E-state index contributed by atoms with van der Waals surface area (Å²) in [6.07, 6.45) is 5.36. The van der Waals surface area contributed by atoms with Crippen LogP contribution in [0.15, 0.2) is 12.3 Å². The predicted octanol–water partition coefficient (Wildman–Crippen LogP) is 3.30. The van der Waals surface area contributed by atoms with E-state index in [1.165, 1.54) is 15.8 Å². The van der Waals surface area contributed by atoms with Gasteiger partial charge in [-0.1, -0.05) is 0 Å². The molecule has 0 fully saturated rings. The van der Waals surface area contributed by atoms with Crippen LogP contribution in [-0.2, 0) is 4.79 Å². The van der Waals surface area contributed by atoms with Gasteiger partial charge in [0.2, 0.25) is 11.8 Å². The second kappa shape index (κ2) is 9.79. The molecule has 1 heterocycles. The molecule has 0 bridgehead atoms. The summed E-state index contributed by atoms with van der Waals surface area (Å²) in [5, 5.41) is 4.01. The van der Waals surface area contributed by atoms with Gasteiger partial charge in [0.25, 0.3) is 0 Å². The Balaban J connectivity index is 2.64. The number of amides is 1. The van der Waals surface area contributed by atoms with Gasteiger partial charge in [-0.2, -0.15) is 9.78 Å². The van der Waals surface area contributed by atoms with E-state index in [-0.39, 0.29) is 11.8 Å². The van der Waals surface area contributed by atoms with Crippen molar-refractivity contribution in [3.8, 4) is 0 Å². The molecule has 0 saturated carbocycles. The standard InChI is InChI=1S/C14H21Cl2N3O2/c1-18(13(20)6-2-4-9-15)12-8-11-17-19(12)14(21)7-3-5-10-16/h8,11H,2-7,9-10H2,1H3. The Bertz CT molecular complexity index is 463. The van der Waals surface area contributed by atoms with Crippen molar-refractivity contribution in [3.05, 3.63) is 12.3 Å². The maximum atomic E-state index is 12.1. The van der Waals surface area contributed by atoms with Crippen molar-refractivity contribution in [1.82, 2.24) is 9.78 Å². The minimum absolute atomic E-state index is 0.0459. The van der Waals surface area contributed by atoms with Gasteiger partial charge >= 0.3 is 0 Å². The molecular formula is C14H21Cl2N3O2. The maximum absolute atomic E-state index is 12.1. The van der Waals surface area contributed by atoms with Crippen molar-refractivity contribution in [2.45, 2.75) is 38.5 Å². The van der Waals surface area contributed by atoms with Crippen LogP contribution in [0.3, 0.4) is 0 Å². The molecule has 0 aliphatic rings. The summed E-state index contributed by atoms with van der Waals surface area (Å²) in [7, 11) is 1.66. The Morgan fingerprint density at radius 2 is 1.76 bits per heavy atom. The lowest BCUT2D eigenvalue weighted by Gasteiger charge is -2.17. The summed E-state index contributed by atoms with van der Waals surface area (Å²) in [6.45, 7) is 0. The quantitative estimate of drug-likeness (QED) is 0.514. The highest BCUT2D eigenvalue weighted by Crippen LogP contribution is 2.15. The van der Waals surface area contributed by atoms with E-state index < -0.39 is 0 Å². The molecule has 21 heavy (non-hydrogen) atoms. The third-order valence-electron chi connectivity index (χ3n) is 3.13. The minimum Gasteiger partial charge on any atom is -0.300 e. The number of rotatable bonds is 9. The second-order valence-corrected chi connectivity index (χ2v) is 5.50. The summed E-state index contributed by atoms with van der Waals surface area (Å²) >= 11 is 11.2. The summed E-state index contributed by atoms with van der Waals surface area (Å²) in [5.74, 6) is 1.42. The normalized spacial score (nSPS) is 10.6. The van der Waals surface area contributed by atoms with E-state index in [1.54, 1.807) is 13.1 Å². The Kier molecular flexibility index (Phi) is 8.38. The fourth-order valence-corrected chi connectivity index (χ4v) is 2.26. The maximum Gasteiger partial charge on any atom is 0.248 e. The van der Waals surface area contributed by atoms with E-state index in [0.717, 1.165) is 25.7 Å². The van der Waals surface area contributed by atoms with Crippen molar-refractivity contribution >= 4 is 40.8 Å². The van der Waals surface area contributed by atoms with Crippen LogP contribution in [0.2, 0.25) is 0 Å². The van der Waals surface area contributed by atoms with Gasteiger partial charge in [-0.3, -0.25) is 14.5 Å². The third-order valence-corrected chi connectivity index (χ3v) is 3.66. The third kappa shape index (κ3) is 5.67. The zero-order valence-corrected chi connectivity index (χ0v) is 13.7. The van der Waals surface area contributed by atoms with Crippen LogP contribution >= 0.6 is 23.2 Å². The number of hydrogen-bond donors (Lipinski definition) is 0. The van der Waals surface area contributed by atoms with Gasteiger partial charge in [0.15, 0.2) is 0 Å². The van der Waals surface area contributed by atoms with Crippen LogP contribution in [0.25, 0.3) is 0 Å². The van der Waals surface area contributed by atoms with Crippen molar-refractivity contribution in [2.75, 3.05) is 23.7 Å². The van der Waals surface area contributed by atoms with Gasteiger partial charge in [-0.05, 0) is 25.7 Å². The number of anilines is 1. The number of carbonyl (C=O) groups is 2. The number of halogens is 2. The van der Waals surface area contributed by atoms with E-state index in [4.69, 9.17) is 23.2 Å². The number of aromatic nitrogens is 2. The van der Waals surface area contributed by atoms with Gasteiger partial charge in [0.1, 0.15) is 5.82 Å². The lowest BCUT2D eigenvalue weighted by atomic mass is 10.2. The van der Waals surface area contributed by atoms with Crippen LogP contribution in [0, 0.1) is 0 Å². The minimum atomic E-state index is -0.125. The van der Waals surface area contributed by atoms with Gasteiger partial charge in [0, 0.05) is 37.7 Å². The Morgan fingerprint density at radius 3 is 2.38 bits per heavy atom. The predicted molar refractivity (Wildman–Crippen MR) is 85.4 cm³/mol. The molecule has 0 aliphatic carbocycles. The lowest BCUT2D eigenvalue weighted by molar-refractivity contribution is -0.118. The average molecular weight is 334 g/mol. The largest absolute Gasteiger partial charge is 0.300 e. The summed E-state index contributed by atoms with van der Waals surface area (Å²) in [5.41, 5.74) is 0. The second-order valence-electron chi connectivity index (χ2n) is 4.74. The SMILES string of the molecule is CN(C(=O)CCCCCl)c1ccnn1C(=O)CCCCCl. The summed E-state index contributed by atoms with van der Waals surface area (Å²) in [4.78, 5) is 25.6. The van der Waals surface area contributed by atoms with Crippen molar-refractivity contribution in [2.24, 2.45) is 0 Å². The Morgan fingerprint density at radius 1 is 1.14 bits per heavy atom. The van der Waals surface area contributed by atoms with Crippen molar-refractivity contribution in [3.63, 3.8) is 0 Å². The van der Waals surface area contributed by atoms with Crippen LogP contribution < -0.4 is 4.90 Å². The molecule has 0 aromatic carbocycles. The first-order chi connectivity index (χ1) is 10.1. The molecule has 0 N–H and O–H groups in total. The highest BCUT2D eigenvalue weighted by atomic mass is 35.5. The van der Waals surface area contributed by atoms with Crippen molar-refractivity contribution < 1.29 is 9.59 Å². The molecule has 1 amide bonds. The van der Waals surface area contributed by atoms with E-state index in [1.807, 2.05) is 0 Å². The van der Waals surface area contributed by atoms with Gasteiger partial charge in [-0.15, -0.1) is 23.2 Å². The van der Waals surface area contributed by atoms with Gasteiger partial charge in [0.05, 0.1) is 6.20 Å². The fraction of sp³-hybridized carbons (Fsp3) is 0.643. The molecule has 0 spiro atoms. The lowest BCUT2D eigenvalue weighted by Crippen LogP contribution is -2.30. The first kappa shape index (κ1) is 18.0. The van der Waals surface area contributed by atoms with E-state index in [9.17, 15) is 9.59 Å². The molecule has 0 atom stereocenters. The number of nitrogens with zero attached hydrogens (tertiary/aromatic N) is 3. The molecule has 7 heteroatoms. The zero-order valence-electron chi connectivity index (χ0n) is 12.2. The van der Waals surface area contributed by atoms with Crippen LogP contribution in [0.4, 0.5) is 5.82 Å². The number of unbranched alkanes of at least 4 members (excludes halogenated alkanes) is 2. The summed E-state index contributed by atoms with van der Waals surface area (Å²) < 4.78 is 1.29. The number of hydrogen-bond acceptors (Lipinski definition) is 3. The van der Waals surface area contributed by atoms with Gasteiger partial charge < -0.3 is 0 Å². The molecule has 0 radical (unpaired) electrons. The molecular weight excluding hydrogens is 313 g/mol. The molecule has 1 aromatic heterocycles. The highest BCUT2D eigenvalue weighted by Gasteiger charge is 2.18. The Hall–Kier alpha value is -1.07. The molecule has 0 unspecified atom stereocenters. The molecule has 0 aliphatic heterocycles. The molecule has 5 nitrogen and oxygen atoms in total. The first-order valence-corrected chi connectivity index (χ1v) is 8.14. The smallest absolute Gasteiger partial charge is 0.248 e. The molecule has 1 rings (SSSR count). The number of alkyl halides is 2. The van der Waals surface area contributed by atoms with E-state index in [0.29, 0.717) is 30.4 Å². The number of carbonyl (C=O) groups excluding carboxylic acids is 2. The highest BCUT2D eigenvalue weighted by molar-refractivity contribution is 6.18. The van der Waals surface area contributed by atoms with Crippen LogP contribution in [0.5, 0.6) is 0 Å². The van der Waals surface area contributed by atoms with Gasteiger partial charge in [-0.25, -0.2) is 0 Å². The van der Waals surface area contributed by atoms with E-state index >= 15 is 0 Å². The fourth-order valence-electron chi connectivity index (χ4n) is 1.89. The average Bonchev–Trinajstić information content (AvgIpc) is 2.96.